The van der Waals surface area contributed by atoms with Gasteiger partial charge in [-0.2, -0.15) is 0 Å². The number of carbonyl (C=O) groups is 2. The van der Waals surface area contributed by atoms with E-state index in [9.17, 15) is 9.59 Å². The first-order valence-electron chi connectivity index (χ1n) is 9.37. The normalized spacial score (nSPS) is 17.3. The zero-order valence-electron chi connectivity index (χ0n) is 16.2. The van der Waals surface area contributed by atoms with Crippen molar-refractivity contribution < 1.29 is 14.0 Å². The van der Waals surface area contributed by atoms with Crippen LogP contribution in [0.4, 0.5) is 0 Å². The van der Waals surface area contributed by atoms with E-state index >= 15 is 0 Å². The fraction of sp³-hybridized carbons (Fsp3) is 0.381. The van der Waals surface area contributed by atoms with Crippen molar-refractivity contribution in [2.24, 2.45) is 13.0 Å². The number of ketones is 1. The Labute approximate surface area is 168 Å². The number of aryl methyl sites for hydroxylation is 3. The van der Waals surface area contributed by atoms with Crippen LogP contribution >= 0.6 is 11.6 Å². The number of likely N-dealkylation sites (tertiary alicyclic amines) is 1. The molecule has 1 atom stereocenters. The maximum atomic E-state index is 13.2. The van der Waals surface area contributed by atoms with E-state index in [-0.39, 0.29) is 17.6 Å². The lowest BCUT2D eigenvalue weighted by molar-refractivity contribution is 0.0608. The number of halogens is 1. The molecule has 0 radical (unpaired) electrons. The summed E-state index contributed by atoms with van der Waals surface area (Å²) >= 11 is 6.30. The Bertz CT molecular complexity index is 1080. The quantitative estimate of drug-likeness (QED) is 0.620. The molecule has 1 saturated heterocycles. The minimum atomic E-state index is -0.255. The van der Waals surface area contributed by atoms with E-state index in [4.69, 9.17) is 16.0 Å². The number of furan rings is 1. The van der Waals surface area contributed by atoms with Crippen molar-refractivity contribution in [3.63, 3.8) is 0 Å². The Balaban J connectivity index is 1.61. The number of fused-ring (bicyclic) bond motifs is 1. The zero-order valence-corrected chi connectivity index (χ0v) is 16.9. The van der Waals surface area contributed by atoms with Crippen LogP contribution in [-0.2, 0) is 7.05 Å². The molecule has 1 aliphatic heterocycles. The van der Waals surface area contributed by atoms with Crippen LogP contribution in [-0.4, -0.2) is 39.2 Å². The van der Waals surface area contributed by atoms with E-state index in [1.54, 1.807) is 28.9 Å². The Morgan fingerprint density at radius 3 is 2.79 bits per heavy atom. The van der Waals surface area contributed by atoms with E-state index in [1.165, 1.54) is 0 Å². The van der Waals surface area contributed by atoms with Gasteiger partial charge in [0.05, 0.1) is 5.02 Å². The SMILES string of the molecule is Cc1cc(Cl)c2oc(C(=O)N3CCCC(C(=O)c4nccn4C)C3)c(C)c2c1. The third-order valence-electron chi connectivity index (χ3n) is 5.45. The summed E-state index contributed by atoms with van der Waals surface area (Å²) in [5.41, 5.74) is 2.33. The maximum Gasteiger partial charge on any atom is 0.289 e. The minimum absolute atomic E-state index is 0.0232. The van der Waals surface area contributed by atoms with Gasteiger partial charge in [-0.05, 0) is 44.4 Å². The Kier molecular flexibility index (Phi) is 4.75. The molecule has 1 aliphatic rings. The molecule has 3 aromatic rings. The van der Waals surface area contributed by atoms with Gasteiger partial charge in [0.15, 0.2) is 17.2 Å². The molecule has 7 heteroatoms. The summed E-state index contributed by atoms with van der Waals surface area (Å²) in [6.07, 6.45) is 4.89. The van der Waals surface area contributed by atoms with E-state index in [0.717, 1.165) is 29.4 Å². The van der Waals surface area contributed by atoms with Crippen LogP contribution in [0.15, 0.2) is 28.9 Å². The maximum absolute atomic E-state index is 13.2. The molecule has 1 amide bonds. The zero-order chi connectivity index (χ0) is 20.0. The molecule has 1 aromatic carbocycles. The fourth-order valence-corrected chi connectivity index (χ4v) is 4.23. The van der Waals surface area contributed by atoms with Gasteiger partial charge in [-0.1, -0.05) is 11.6 Å². The fourth-order valence-electron chi connectivity index (χ4n) is 3.92. The van der Waals surface area contributed by atoms with Gasteiger partial charge < -0.3 is 13.9 Å². The average Bonchev–Trinajstić information content (AvgIpc) is 3.25. The van der Waals surface area contributed by atoms with Gasteiger partial charge in [0.2, 0.25) is 5.78 Å². The van der Waals surface area contributed by atoms with Gasteiger partial charge in [0, 0.05) is 49.4 Å². The molecule has 0 saturated carbocycles. The summed E-state index contributed by atoms with van der Waals surface area (Å²) in [5, 5.41) is 1.35. The van der Waals surface area contributed by atoms with Gasteiger partial charge in [0.25, 0.3) is 5.91 Å². The van der Waals surface area contributed by atoms with Gasteiger partial charge in [-0.15, -0.1) is 0 Å². The predicted octanol–water partition coefficient (Wildman–Crippen LogP) is 4.17. The molecule has 28 heavy (non-hydrogen) atoms. The molecule has 2 aromatic heterocycles. The van der Waals surface area contributed by atoms with Crippen LogP contribution in [0.2, 0.25) is 5.02 Å². The molecule has 0 bridgehead atoms. The van der Waals surface area contributed by atoms with Crippen molar-refractivity contribution in [1.29, 1.82) is 0 Å². The monoisotopic (exact) mass is 399 g/mol. The summed E-state index contributed by atoms with van der Waals surface area (Å²) < 4.78 is 7.58. The van der Waals surface area contributed by atoms with E-state index < -0.39 is 0 Å². The van der Waals surface area contributed by atoms with Gasteiger partial charge in [-0.3, -0.25) is 9.59 Å². The largest absolute Gasteiger partial charge is 0.449 e. The standard InChI is InChI=1S/C21H22ClN3O3/c1-12-9-15-13(2)18(28-19(15)16(22)10-12)21(27)25-7-4-5-14(11-25)17(26)20-23-6-8-24(20)3/h6,8-10,14H,4-5,7,11H2,1-3H3. The molecule has 0 aliphatic carbocycles. The highest BCUT2D eigenvalue weighted by molar-refractivity contribution is 6.35. The van der Waals surface area contributed by atoms with E-state index in [1.807, 2.05) is 26.0 Å². The van der Waals surface area contributed by atoms with Gasteiger partial charge in [0.1, 0.15) is 0 Å². The molecule has 4 rings (SSSR count). The number of nitrogens with zero attached hydrogens (tertiary/aromatic N) is 3. The molecule has 0 N–H and O–H groups in total. The summed E-state index contributed by atoms with van der Waals surface area (Å²) in [6.45, 7) is 4.80. The van der Waals surface area contributed by atoms with Crippen LogP contribution < -0.4 is 0 Å². The van der Waals surface area contributed by atoms with E-state index in [2.05, 4.69) is 4.98 Å². The lowest BCUT2D eigenvalue weighted by Gasteiger charge is -2.31. The summed E-state index contributed by atoms with van der Waals surface area (Å²) in [5.74, 6) is 0.258. The van der Waals surface area contributed by atoms with Crippen molar-refractivity contribution in [1.82, 2.24) is 14.5 Å². The Hall–Kier alpha value is -2.60. The lowest BCUT2D eigenvalue weighted by Crippen LogP contribution is -2.42. The number of benzene rings is 1. The summed E-state index contributed by atoms with van der Waals surface area (Å²) in [4.78, 5) is 31.8. The second-order valence-electron chi connectivity index (χ2n) is 7.50. The third-order valence-corrected chi connectivity index (χ3v) is 5.73. The number of Topliss-reactive ketones (excluding diaryl/α,β-unsaturated/α-hetero) is 1. The minimum Gasteiger partial charge on any atom is -0.449 e. The molecule has 3 heterocycles. The Morgan fingerprint density at radius 2 is 2.07 bits per heavy atom. The molecule has 0 spiro atoms. The van der Waals surface area contributed by atoms with Crippen molar-refractivity contribution in [3.05, 3.63) is 52.3 Å². The van der Waals surface area contributed by atoms with Crippen LogP contribution in [0.1, 0.15) is 45.1 Å². The van der Waals surface area contributed by atoms with Gasteiger partial charge in [-0.25, -0.2) is 4.98 Å². The first-order valence-corrected chi connectivity index (χ1v) is 9.74. The number of hydrogen-bond acceptors (Lipinski definition) is 4. The number of imidazole rings is 1. The molecular formula is C21H22ClN3O3. The first-order chi connectivity index (χ1) is 13.4. The van der Waals surface area contributed by atoms with Crippen LogP contribution in [0.25, 0.3) is 11.0 Å². The number of amides is 1. The van der Waals surface area contributed by atoms with Crippen LogP contribution in [0.5, 0.6) is 0 Å². The average molecular weight is 400 g/mol. The second-order valence-corrected chi connectivity index (χ2v) is 7.90. The van der Waals surface area contributed by atoms with Crippen molar-refractivity contribution in [2.75, 3.05) is 13.1 Å². The molecule has 6 nitrogen and oxygen atoms in total. The first kappa shape index (κ1) is 18.7. The number of carbonyl (C=O) groups excluding carboxylic acids is 2. The summed E-state index contributed by atoms with van der Waals surface area (Å²) in [6, 6.07) is 3.80. The smallest absolute Gasteiger partial charge is 0.289 e. The summed E-state index contributed by atoms with van der Waals surface area (Å²) in [7, 11) is 1.80. The second kappa shape index (κ2) is 7.09. The van der Waals surface area contributed by atoms with Crippen molar-refractivity contribution in [2.45, 2.75) is 26.7 Å². The lowest BCUT2D eigenvalue weighted by atomic mass is 9.93. The third kappa shape index (κ3) is 3.11. The van der Waals surface area contributed by atoms with E-state index in [0.29, 0.717) is 35.3 Å². The van der Waals surface area contributed by atoms with Crippen molar-refractivity contribution in [3.8, 4) is 0 Å². The van der Waals surface area contributed by atoms with Crippen LogP contribution in [0.3, 0.4) is 0 Å². The topological polar surface area (TPSA) is 68.3 Å². The number of aromatic nitrogens is 2. The number of hydrogen-bond donors (Lipinski definition) is 0. The number of piperidine rings is 1. The highest BCUT2D eigenvalue weighted by atomic mass is 35.5. The highest BCUT2D eigenvalue weighted by Gasteiger charge is 2.33. The molecule has 1 unspecified atom stereocenters. The van der Waals surface area contributed by atoms with Crippen molar-refractivity contribution >= 4 is 34.3 Å². The number of rotatable bonds is 3. The molecular weight excluding hydrogens is 378 g/mol. The van der Waals surface area contributed by atoms with Gasteiger partial charge >= 0.3 is 0 Å². The van der Waals surface area contributed by atoms with Crippen LogP contribution in [0, 0.1) is 19.8 Å². The Morgan fingerprint density at radius 1 is 1.29 bits per heavy atom. The predicted molar refractivity (Wildman–Crippen MR) is 107 cm³/mol. The molecule has 1 fully saturated rings. The highest BCUT2D eigenvalue weighted by Crippen LogP contribution is 2.33. The molecule has 146 valence electrons.